The second kappa shape index (κ2) is 5.17. The highest BCUT2D eigenvalue weighted by Gasteiger charge is 2.28. The summed E-state index contributed by atoms with van der Waals surface area (Å²) in [6, 6.07) is 3.00. The van der Waals surface area contributed by atoms with Crippen molar-refractivity contribution < 1.29 is 0 Å². The summed E-state index contributed by atoms with van der Waals surface area (Å²) < 4.78 is 2.25. The Morgan fingerprint density at radius 1 is 1.42 bits per heavy atom. The van der Waals surface area contributed by atoms with E-state index in [1.165, 1.54) is 18.5 Å². The minimum Gasteiger partial charge on any atom is -0.331 e. The van der Waals surface area contributed by atoms with Crippen molar-refractivity contribution in [2.24, 2.45) is 0 Å². The summed E-state index contributed by atoms with van der Waals surface area (Å²) in [6.45, 7) is 6.44. The topological polar surface area (TPSA) is 49.7 Å². The molecule has 0 amide bonds. The third kappa shape index (κ3) is 2.42. The van der Waals surface area contributed by atoms with Crippen LogP contribution in [-0.4, -0.2) is 31.2 Å². The van der Waals surface area contributed by atoms with Gasteiger partial charge in [0.2, 0.25) is 0 Å². The number of aromatic amines is 1. The summed E-state index contributed by atoms with van der Waals surface area (Å²) in [6.07, 6.45) is 8.25. The van der Waals surface area contributed by atoms with Gasteiger partial charge in [-0.15, -0.1) is 0 Å². The molecular formula is C14H21N5. The van der Waals surface area contributed by atoms with Crippen molar-refractivity contribution in [1.29, 1.82) is 0 Å². The molecule has 2 aromatic rings. The SMILES string of the molecule is CC(C)n1ccnc1CN1CCCC1c1ccn[nH]1. The van der Waals surface area contributed by atoms with Crippen LogP contribution in [-0.2, 0) is 6.54 Å². The van der Waals surface area contributed by atoms with Gasteiger partial charge in [0, 0.05) is 24.6 Å². The first-order chi connectivity index (χ1) is 9.25. The molecule has 1 aliphatic rings. The summed E-state index contributed by atoms with van der Waals surface area (Å²) >= 11 is 0. The Morgan fingerprint density at radius 3 is 3.05 bits per heavy atom. The molecule has 1 aliphatic heterocycles. The maximum atomic E-state index is 4.51. The molecule has 1 saturated heterocycles. The van der Waals surface area contributed by atoms with Crippen molar-refractivity contribution in [2.75, 3.05) is 6.54 Å². The van der Waals surface area contributed by atoms with E-state index in [1.54, 1.807) is 0 Å². The number of hydrogen-bond acceptors (Lipinski definition) is 3. The van der Waals surface area contributed by atoms with Crippen LogP contribution in [0.2, 0.25) is 0 Å². The summed E-state index contributed by atoms with van der Waals surface area (Å²) in [5, 5.41) is 7.18. The van der Waals surface area contributed by atoms with Crippen LogP contribution in [0.5, 0.6) is 0 Å². The first-order valence-corrected chi connectivity index (χ1v) is 7.00. The zero-order valence-corrected chi connectivity index (χ0v) is 11.6. The summed E-state index contributed by atoms with van der Waals surface area (Å²) in [7, 11) is 0. The third-order valence-electron chi connectivity index (χ3n) is 3.89. The minimum atomic E-state index is 0.458. The Bertz CT molecular complexity index is 514. The highest BCUT2D eigenvalue weighted by atomic mass is 15.2. The number of rotatable bonds is 4. The Balaban J connectivity index is 1.77. The van der Waals surface area contributed by atoms with E-state index < -0.39 is 0 Å². The van der Waals surface area contributed by atoms with Gasteiger partial charge in [-0.2, -0.15) is 5.10 Å². The molecule has 0 bridgehead atoms. The van der Waals surface area contributed by atoms with Gasteiger partial charge < -0.3 is 4.57 Å². The third-order valence-corrected chi connectivity index (χ3v) is 3.89. The average molecular weight is 259 g/mol. The Morgan fingerprint density at radius 2 is 2.32 bits per heavy atom. The molecular weight excluding hydrogens is 238 g/mol. The largest absolute Gasteiger partial charge is 0.331 e. The normalized spacial score (nSPS) is 20.5. The van der Waals surface area contributed by atoms with E-state index in [9.17, 15) is 0 Å². The average Bonchev–Trinajstić information content (AvgIpc) is 3.09. The molecule has 0 saturated carbocycles. The molecule has 102 valence electrons. The van der Waals surface area contributed by atoms with E-state index >= 15 is 0 Å². The van der Waals surface area contributed by atoms with Crippen molar-refractivity contribution in [2.45, 2.75) is 45.3 Å². The van der Waals surface area contributed by atoms with E-state index in [2.05, 4.69) is 50.8 Å². The van der Waals surface area contributed by atoms with Gasteiger partial charge in [0.25, 0.3) is 0 Å². The van der Waals surface area contributed by atoms with Gasteiger partial charge in [-0.25, -0.2) is 4.98 Å². The molecule has 5 heteroatoms. The lowest BCUT2D eigenvalue weighted by atomic mass is 10.1. The highest BCUT2D eigenvalue weighted by Crippen LogP contribution is 2.31. The fourth-order valence-corrected chi connectivity index (χ4v) is 2.94. The Labute approximate surface area is 113 Å². The highest BCUT2D eigenvalue weighted by molar-refractivity contribution is 5.08. The van der Waals surface area contributed by atoms with Crippen molar-refractivity contribution >= 4 is 0 Å². The predicted molar refractivity (Wildman–Crippen MR) is 73.6 cm³/mol. The fraction of sp³-hybridized carbons (Fsp3) is 0.571. The van der Waals surface area contributed by atoms with Crippen LogP contribution in [0.25, 0.3) is 0 Å². The number of hydrogen-bond donors (Lipinski definition) is 1. The first-order valence-electron chi connectivity index (χ1n) is 7.00. The molecule has 1 atom stereocenters. The second-order valence-corrected chi connectivity index (χ2v) is 5.48. The predicted octanol–water partition coefficient (Wildman–Crippen LogP) is 2.52. The number of aromatic nitrogens is 4. The lowest BCUT2D eigenvalue weighted by Gasteiger charge is -2.24. The smallest absolute Gasteiger partial charge is 0.123 e. The molecule has 19 heavy (non-hydrogen) atoms. The minimum absolute atomic E-state index is 0.458. The lowest BCUT2D eigenvalue weighted by molar-refractivity contribution is 0.233. The van der Waals surface area contributed by atoms with E-state index in [-0.39, 0.29) is 0 Å². The summed E-state index contributed by atoms with van der Waals surface area (Å²) in [4.78, 5) is 7.01. The molecule has 2 aromatic heterocycles. The van der Waals surface area contributed by atoms with Gasteiger partial charge in [0.1, 0.15) is 5.82 Å². The fourth-order valence-electron chi connectivity index (χ4n) is 2.94. The Kier molecular flexibility index (Phi) is 3.38. The number of imidazole rings is 1. The molecule has 1 unspecified atom stereocenters. The molecule has 1 N–H and O–H groups in total. The second-order valence-electron chi connectivity index (χ2n) is 5.48. The first kappa shape index (κ1) is 12.4. The van der Waals surface area contributed by atoms with E-state index in [0.717, 1.165) is 18.9 Å². The van der Waals surface area contributed by atoms with Gasteiger partial charge in [-0.3, -0.25) is 10.00 Å². The molecule has 3 rings (SSSR count). The summed E-state index contributed by atoms with van der Waals surface area (Å²) in [5.74, 6) is 1.15. The number of nitrogens with one attached hydrogen (secondary N) is 1. The molecule has 0 aromatic carbocycles. The van der Waals surface area contributed by atoms with Crippen LogP contribution >= 0.6 is 0 Å². The van der Waals surface area contributed by atoms with Gasteiger partial charge in [-0.1, -0.05) is 0 Å². The number of nitrogens with zero attached hydrogens (tertiary/aromatic N) is 4. The van der Waals surface area contributed by atoms with Crippen molar-refractivity contribution in [3.05, 3.63) is 36.2 Å². The number of H-pyrrole nitrogens is 1. The van der Waals surface area contributed by atoms with Crippen LogP contribution in [0.3, 0.4) is 0 Å². The molecule has 0 aliphatic carbocycles. The van der Waals surface area contributed by atoms with E-state index in [4.69, 9.17) is 0 Å². The zero-order chi connectivity index (χ0) is 13.2. The number of likely N-dealkylation sites (tertiary alicyclic amines) is 1. The molecule has 3 heterocycles. The monoisotopic (exact) mass is 259 g/mol. The van der Waals surface area contributed by atoms with Crippen LogP contribution in [0.1, 0.15) is 50.3 Å². The lowest BCUT2D eigenvalue weighted by Crippen LogP contribution is -2.25. The van der Waals surface area contributed by atoms with Crippen molar-refractivity contribution in [3.63, 3.8) is 0 Å². The van der Waals surface area contributed by atoms with Crippen LogP contribution in [0.15, 0.2) is 24.7 Å². The maximum Gasteiger partial charge on any atom is 0.123 e. The van der Waals surface area contributed by atoms with Crippen LogP contribution in [0, 0.1) is 0 Å². The standard InChI is InChI=1S/C14H21N5/c1-11(2)19-9-7-15-14(19)10-18-8-3-4-13(18)12-5-6-16-17-12/h5-7,9,11,13H,3-4,8,10H2,1-2H3,(H,16,17). The zero-order valence-electron chi connectivity index (χ0n) is 11.6. The van der Waals surface area contributed by atoms with Gasteiger partial charge >= 0.3 is 0 Å². The summed E-state index contributed by atoms with van der Waals surface area (Å²) in [5.41, 5.74) is 1.22. The van der Waals surface area contributed by atoms with Crippen molar-refractivity contribution in [1.82, 2.24) is 24.6 Å². The Hall–Kier alpha value is -1.62. The van der Waals surface area contributed by atoms with Gasteiger partial charge in [0.05, 0.1) is 18.3 Å². The van der Waals surface area contributed by atoms with Gasteiger partial charge in [0.15, 0.2) is 0 Å². The molecule has 0 radical (unpaired) electrons. The van der Waals surface area contributed by atoms with Gasteiger partial charge in [-0.05, 0) is 39.3 Å². The van der Waals surface area contributed by atoms with E-state index in [0.29, 0.717) is 12.1 Å². The maximum absolute atomic E-state index is 4.51. The molecule has 1 fully saturated rings. The molecule has 5 nitrogen and oxygen atoms in total. The van der Waals surface area contributed by atoms with Crippen LogP contribution < -0.4 is 0 Å². The van der Waals surface area contributed by atoms with Crippen LogP contribution in [0.4, 0.5) is 0 Å². The van der Waals surface area contributed by atoms with Crippen molar-refractivity contribution in [3.8, 4) is 0 Å². The quantitative estimate of drug-likeness (QED) is 0.918. The van der Waals surface area contributed by atoms with E-state index in [1.807, 2.05) is 12.4 Å². The molecule has 0 spiro atoms.